The zero-order valence-corrected chi connectivity index (χ0v) is 13.7. The van der Waals surface area contributed by atoms with Crippen molar-refractivity contribution in [3.05, 3.63) is 12.2 Å². The van der Waals surface area contributed by atoms with Crippen molar-refractivity contribution in [3.8, 4) is 0 Å². The Morgan fingerprint density at radius 1 is 1.00 bits per heavy atom. The summed E-state index contributed by atoms with van der Waals surface area (Å²) in [7, 11) is 0. The summed E-state index contributed by atoms with van der Waals surface area (Å²) in [5.41, 5.74) is 0. The first kappa shape index (κ1) is 14.3. The van der Waals surface area contributed by atoms with Gasteiger partial charge in [-0.3, -0.25) is 0 Å². The molecule has 4 aliphatic rings. The van der Waals surface area contributed by atoms with Gasteiger partial charge in [0.25, 0.3) is 0 Å². The van der Waals surface area contributed by atoms with Gasteiger partial charge in [-0.1, -0.05) is 12.2 Å². The van der Waals surface area contributed by atoms with E-state index in [0.717, 1.165) is 29.7 Å². The fourth-order valence-corrected chi connectivity index (χ4v) is 5.50. The Morgan fingerprint density at radius 2 is 1.76 bits per heavy atom. The Kier molecular flexibility index (Phi) is 4.10. The first-order valence-corrected chi connectivity index (χ1v) is 9.44. The van der Waals surface area contributed by atoms with Crippen LogP contribution < -0.4 is 0 Å². The molecule has 2 bridgehead atoms. The van der Waals surface area contributed by atoms with E-state index in [4.69, 9.17) is 0 Å². The van der Waals surface area contributed by atoms with Gasteiger partial charge in [0, 0.05) is 12.6 Å². The number of nitrogens with zero attached hydrogens (tertiary/aromatic N) is 2. The standard InChI is InChI=1S/C19H32N2/c1-15(21-8-2-3-9-21)17-6-10-20(11-7-17)14-19-13-16-4-5-18(19)12-16/h4-5,15-19H,2-3,6-14H2,1H3/t15-,16-,18+,19+/m1/s1. The summed E-state index contributed by atoms with van der Waals surface area (Å²) in [4.78, 5) is 5.54. The molecular weight excluding hydrogens is 256 g/mol. The van der Waals surface area contributed by atoms with E-state index < -0.39 is 0 Å². The maximum atomic E-state index is 2.78. The van der Waals surface area contributed by atoms with E-state index >= 15 is 0 Å². The molecule has 0 N–H and O–H groups in total. The van der Waals surface area contributed by atoms with Crippen LogP contribution in [0.3, 0.4) is 0 Å². The maximum absolute atomic E-state index is 2.78. The highest BCUT2D eigenvalue weighted by Crippen LogP contribution is 2.44. The summed E-state index contributed by atoms with van der Waals surface area (Å²) in [5, 5.41) is 0. The van der Waals surface area contributed by atoms with Gasteiger partial charge in [-0.15, -0.1) is 0 Å². The average Bonchev–Trinajstić information content (AvgIpc) is 3.25. The van der Waals surface area contributed by atoms with Crippen LogP contribution in [-0.4, -0.2) is 48.6 Å². The third-order valence-corrected chi connectivity index (χ3v) is 6.94. The Hall–Kier alpha value is -0.340. The number of likely N-dealkylation sites (tertiary alicyclic amines) is 2. The van der Waals surface area contributed by atoms with E-state index in [1.54, 1.807) is 0 Å². The summed E-state index contributed by atoms with van der Waals surface area (Å²) < 4.78 is 0. The Balaban J connectivity index is 1.24. The first-order chi connectivity index (χ1) is 10.3. The molecule has 0 spiro atoms. The number of hydrogen-bond acceptors (Lipinski definition) is 2. The van der Waals surface area contributed by atoms with Gasteiger partial charge in [0.2, 0.25) is 0 Å². The highest BCUT2D eigenvalue weighted by atomic mass is 15.2. The van der Waals surface area contributed by atoms with Crippen LogP contribution >= 0.6 is 0 Å². The largest absolute Gasteiger partial charge is 0.303 e. The lowest BCUT2D eigenvalue weighted by molar-refractivity contribution is 0.0987. The summed E-state index contributed by atoms with van der Waals surface area (Å²) >= 11 is 0. The van der Waals surface area contributed by atoms with Gasteiger partial charge in [0.05, 0.1) is 0 Å². The smallest absolute Gasteiger partial charge is 0.00961 e. The summed E-state index contributed by atoms with van der Waals surface area (Å²) in [6.45, 7) is 9.32. The van der Waals surface area contributed by atoms with Crippen LogP contribution in [0.5, 0.6) is 0 Å². The fraction of sp³-hybridized carbons (Fsp3) is 0.895. The molecule has 0 aromatic carbocycles. The van der Waals surface area contributed by atoms with Crippen molar-refractivity contribution in [1.82, 2.24) is 9.80 Å². The van der Waals surface area contributed by atoms with Gasteiger partial charge >= 0.3 is 0 Å². The number of fused-ring (bicyclic) bond motifs is 2. The van der Waals surface area contributed by atoms with Crippen LogP contribution in [0.25, 0.3) is 0 Å². The lowest BCUT2D eigenvalue weighted by Gasteiger charge is -2.39. The highest BCUT2D eigenvalue weighted by molar-refractivity contribution is 5.10. The zero-order valence-electron chi connectivity index (χ0n) is 13.7. The number of rotatable bonds is 4. The lowest BCUT2D eigenvalue weighted by Crippen LogP contribution is -2.44. The van der Waals surface area contributed by atoms with Gasteiger partial charge < -0.3 is 9.80 Å². The lowest BCUT2D eigenvalue weighted by atomic mass is 9.87. The zero-order chi connectivity index (χ0) is 14.2. The van der Waals surface area contributed by atoms with E-state index in [1.165, 1.54) is 71.2 Å². The molecule has 118 valence electrons. The van der Waals surface area contributed by atoms with Crippen LogP contribution in [0, 0.1) is 23.7 Å². The second-order valence-electron chi connectivity index (χ2n) is 8.16. The molecule has 21 heavy (non-hydrogen) atoms. The minimum absolute atomic E-state index is 0.833. The van der Waals surface area contributed by atoms with Crippen molar-refractivity contribution < 1.29 is 0 Å². The molecule has 4 atom stereocenters. The van der Waals surface area contributed by atoms with Gasteiger partial charge in [0.1, 0.15) is 0 Å². The monoisotopic (exact) mass is 288 g/mol. The summed E-state index contributed by atoms with van der Waals surface area (Å²) in [6.07, 6.45) is 13.7. The fourth-order valence-electron chi connectivity index (χ4n) is 5.50. The van der Waals surface area contributed by atoms with E-state index in [1.807, 2.05) is 0 Å². The predicted molar refractivity (Wildman–Crippen MR) is 88.3 cm³/mol. The van der Waals surface area contributed by atoms with Crippen molar-refractivity contribution in [2.24, 2.45) is 23.7 Å². The van der Waals surface area contributed by atoms with E-state index in [9.17, 15) is 0 Å². The molecule has 2 aliphatic carbocycles. The van der Waals surface area contributed by atoms with Gasteiger partial charge in [0.15, 0.2) is 0 Å². The highest BCUT2D eigenvalue weighted by Gasteiger charge is 2.37. The molecule has 2 heterocycles. The molecule has 0 aromatic rings. The van der Waals surface area contributed by atoms with Crippen LogP contribution in [-0.2, 0) is 0 Å². The molecule has 0 aromatic heterocycles. The third kappa shape index (κ3) is 2.94. The quantitative estimate of drug-likeness (QED) is 0.732. The SMILES string of the molecule is C[C@H](C1CCN(C[C@@H]2C[C@@H]3C=C[C@H]2C3)CC1)N1CCCC1. The first-order valence-electron chi connectivity index (χ1n) is 9.44. The minimum Gasteiger partial charge on any atom is -0.303 e. The van der Waals surface area contributed by atoms with Crippen LogP contribution in [0.15, 0.2) is 12.2 Å². The molecule has 0 amide bonds. The molecule has 0 radical (unpaired) electrons. The van der Waals surface area contributed by atoms with Crippen LogP contribution in [0.1, 0.15) is 45.4 Å². The molecule has 1 saturated carbocycles. The van der Waals surface area contributed by atoms with Crippen LogP contribution in [0.4, 0.5) is 0 Å². The average molecular weight is 288 g/mol. The summed E-state index contributed by atoms with van der Waals surface area (Å²) in [5.74, 6) is 3.80. The molecular formula is C19H32N2. The van der Waals surface area contributed by atoms with E-state index in [2.05, 4.69) is 28.9 Å². The Morgan fingerprint density at radius 3 is 2.38 bits per heavy atom. The molecule has 2 nitrogen and oxygen atoms in total. The van der Waals surface area contributed by atoms with Crippen molar-refractivity contribution in [3.63, 3.8) is 0 Å². The molecule has 4 rings (SSSR count). The van der Waals surface area contributed by atoms with Crippen molar-refractivity contribution in [1.29, 1.82) is 0 Å². The molecule has 2 aliphatic heterocycles. The Labute approximate surface area is 130 Å². The van der Waals surface area contributed by atoms with E-state index in [-0.39, 0.29) is 0 Å². The van der Waals surface area contributed by atoms with Crippen molar-refractivity contribution >= 4 is 0 Å². The van der Waals surface area contributed by atoms with Crippen molar-refractivity contribution in [2.75, 3.05) is 32.7 Å². The van der Waals surface area contributed by atoms with E-state index in [0.29, 0.717) is 0 Å². The second-order valence-corrected chi connectivity index (χ2v) is 8.16. The molecule has 2 heteroatoms. The minimum atomic E-state index is 0.833. The normalized spacial score (nSPS) is 39.4. The molecule has 0 unspecified atom stereocenters. The van der Waals surface area contributed by atoms with Crippen LogP contribution in [0.2, 0.25) is 0 Å². The number of hydrogen-bond donors (Lipinski definition) is 0. The molecule has 2 saturated heterocycles. The topological polar surface area (TPSA) is 6.48 Å². The van der Waals surface area contributed by atoms with Gasteiger partial charge in [-0.05, 0) is 95.3 Å². The number of piperidine rings is 1. The number of allylic oxidation sites excluding steroid dienone is 2. The third-order valence-electron chi connectivity index (χ3n) is 6.94. The van der Waals surface area contributed by atoms with Gasteiger partial charge in [-0.25, -0.2) is 0 Å². The maximum Gasteiger partial charge on any atom is 0.00961 e. The second kappa shape index (κ2) is 6.04. The Bertz CT molecular complexity index is 377. The van der Waals surface area contributed by atoms with Crippen molar-refractivity contribution in [2.45, 2.75) is 51.5 Å². The van der Waals surface area contributed by atoms with Gasteiger partial charge in [-0.2, -0.15) is 0 Å². The summed E-state index contributed by atoms with van der Waals surface area (Å²) in [6, 6.07) is 0.833. The molecule has 3 fully saturated rings. The predicted octanol–water partition coefficient (Wildman–Crippen LogP) is 3.39.